The van der Waals surface area contributed by atoms with Crippen LogP contribution in [0.1, 0.15) is 24.1 Å². The number of aryl methyl sites for hydroxylation is 1. The van der Waals surface area contributed by atoms with Gasteiger partial charge in [-0.15, -0.1) is 0 Å². The van der Waals surface area contributed by atoms with Crippen LogP contribution in [0.3, 0.4) is 0 Å². The molecule has 1 aromatic carbocycles. The zero-order valence-corrected chi connectivity index (χ0v) is 11.1. The first-order chi connectivity index (χ1) is 9.24. The quantitative estimate of drug-likeness (QED) is 0.909. The van der Waals surface area contributed by atoms with Gasteiger partial charge in [-0.2, -0.15) is 0 Å². The van der Waals surface area contributed by atoms with Crippen molar-refractivity contribution in [2.24, 2.45) is 0 Å². The minimum absolute atomic E-state index is 0.123. The van der Waals surface area contributed by atoms with Crippen LogP contribution in [-0.2, 0) is 6.54 Å². The van der Waals surface area contributed by atoms with Gasteiger partial charge in [-0.25, -0.2) is 0 Å². The minimum Gasteiger partial charge on any atom is -0.321 e. The Morgan fingerprint density at radius 1 is 1.26 bits per heavy atom. The molecule has 1 aliphatic rings. The van der Waals surface area contributed by atoms with E-state index in [4.69, 9.17) is 0 Å². The van der Waals surface area contributed by atoms with Crippen LogP contribution in [0.2, 0.25) is 0 Å². The van der Waals surface area contributed by atoms with Crippen LogP contribution < -0.4 is 10.7 Å². The topological polar surface area (TPSA) is 34.0 Å². The number of benzene rings is 1. The molecule has 0 amide bonds. The third-order valence-corrected chi connectivity index (χ3v) is 3.51. The first-order valence-corrected chi connectivity index (χ1v) is 6.75. The van der Waals surface area contributed by atoms with Crippen molar-refractivity contribution in [2.75, 3.05) is 0 Å². The molecular formula is C16H18N2O. The van der Waals surface area contributed by atoms with E-state index in [2.05, 4.69) is 22.0 Å². The van der Waals surface area contributed by atoms with Crippen molar-refractivity contribution in [2.45, 2.75) is 32.4 Å². The smallest absolute Gasteiger partial charge is 0.186 e. The van der Waals surface area contributed by atoms with Crippen LogP contribution in [0.4, 0.5) is 0 Å². The SMILES string of the molecule is Cc1cc(=O)c(CNC2CC2)cn1-c1ccccc1. The van der Waals surface area contributed by atoms with Gasteiger partial charge in [-0.1, -0.05) is 18.2 Å². The molecule has 3 rings (SSSR count). The second-order valence-electron chi connectivity index (χ2n) is 5.17. The number of hydrogen-bond donors (Lipinski definition) is 1. The maximum Gasteiger partial charge on any atom is 0.186 e. The van der Waals surface area contributed by atoms with Gasteiger partial charge < -0.3 is 9.88 Å². The van der Waals surface area contributed by atoms with E-state index < -0.39 is 0 Å². The molecule has 1 aliphatic carbocycles. The number of nitrogens with zero attached hydrogens (tertiary/aromatic N) is 1. The summed E-state index contributed by atoms with van der Waals surface area (Å²) < 4.78 is 2.07. The lowest BCUT2D eigenvalue weighted by Crippen LogP contribution is -2.22. The molecule has 1 aromatic heterocycles. The summed E-state index contributed by atoms with van der Waals surface area (Å²) in [5.74, 6) is 0. The zero-order chi connectivity index (χ0) is 13.2. The van der Waals surface area contributed by atoms with E-state index >= 15 is 0 Å². The molecule has 19 heavy (non-hydrogen) atoms. The fraction of sp³-hybridized carbons (Fsp3) is 0.312. The van der Waals surface area contributed by atoms with Crippen LogP contribution in [0.15, 0.2) is 47.4 Å². The maximum absolute atomic E-state index is 12.0. The van der Waals surface area contributed by atoms with Crippen LogP contribution in [-0.4, -0.2) is 10.6 Å². The van der Waals surface area contributed by atoms with Gasteiger partial charge in [0, 0.05) is 41.8 Å². The van der Waals surface area contributed by atoms with Gasteiger partial charge >= 0.3 is 0 Å². The maximum atomic E-state index is 12.0. The monoisotopic (exact) mass is 254 g/mol. The summed E-state index contributed by atoms with van der Waals surface area (Å²) in [6, 6.07) is 12.5. The number of aromatic nitrogens is 1. The number of pyridine rings is 1. The second kappa shape index (κ2) is 5.02. The molecule has 1 N–H and O–H groups in total. The largest absolute Gasteiger partial charge is 0.321 e. The molecule has 3 nitrogen and oxygen atoms in total. The molecule has 1 heterocycles. The Bertz CT molecular complexity index is 627. The van der Waals surface area contributed by atoms with E-state index in [1.54, 1.807) is 6.07 Å². The molecular weight excluding hydrogens is 236 g/mol. The average Bonchev–Trinajstić information content (AvgIpc) is 3.23. The van der Waals surface area contributed by atoms with E-state index in [0.717, 1.165) is 16.9 Å². The molecule has 2 aromatic rings. The van der Waals surface area contributed by atoms with E-state index in [1.807, 2.05) is 31.3 Å². The standard InChI is InChI=1S/C16H18N2O/c1-12-9-16(19)13(10-17-14-7-8-14)11-18(12)15-5-3-2-4-6-15/h2-6,9,11,14,17H,7-8,10H2,1H3. The van der Waals surface area contributed by atoms with E-state index in [-0.39, 0.29) is 5.43 Å². The molecule has 0 saturated heterocycles. The predicted molar refractivity (Wildman–Crippen MR) is 76.6 cm³/mol. The number of rotatable bonds is 4. The molecule has 0 unspecified atom stereocenters. The summed E-state index contributed by atoms with van der Waals surface area (Å²) in [4.78, 5) is 12.0. The first kappa shape index (κ1) is 12.2. The molecule has 1 fully saturated rings. The van der Waals surface area contributed by atoms with Crippen molar-refractivity contribution in [3.8, 4) is 5.69 Å². The lowest BCUT2D eigenvalue weighted by molar-refractivity contribution is 0.679. The van der Waals surface area contributed by atoms with Gasteiger partial charge in [0.15, 0.2) is 5.43 Å². The van der Waals surface area contributed by atoms with Crippen molar-refractivity contribution >= 4 is 0 Å². The van der Waals surface area contributed by atoms with Crippen LogP contribution in [0.5, 0.6) is 0 Å². The normalized spacial score (nSPS) is 14.6. The summed E-state index contributed by atoms with van der Waals surface area (Å²) in [7, 11) is 0. The minimum atomic E-state index is 0.123. The van der Waals surface area contributed by atoms with Crippen LogP contribution in [0.25, 0.3) is 5.69 Å². The molecule has 0 aliphatic heterocycles. The Balaban J connectivity index is 1.94. The Morgan fingerprint density at radius 3 is 2.68 bits per heavy atom. The predicted octanol–water partition coefficient (Wildman–Crippen LogP) is 2.40. The fourth-order valence-corrected chi connectivity index (χ4v) is 2.21. The van der Waals surface area contributed by atoms with Gasteiger partial charge in [0.2, 0.25) is 0 Å². The molecule has 1 saturated carbocycles. The van der Waals surface area contributed by atoms with Crippen LogP contribution in [0, 0.1) is 6.92 Å². The van der Waals surface area contributed by atoms with Gasteiger partial charge in [-0.05, 0) is 31.9 Å². The van der Waals surface area contributed by atoms with Gasteiger partial charge in [0.25, 0.3) is 0 Å². The average molecular weight is 254 g/mol. The fourth-order valence-electron chi connectivity index (χ4n) is 2.21. The summed E-state index contributed by atoms with van der Waals surface area (Å²) in [5, 5.41) is 3.40. The Hall–Kier alpha value is -1.87. The van der Waals surface area contributed by atoms with Crippen molar-refractivity contribution in [1.82, 2.24) is 9.88 Å². The first-order valence-electron chi connectivity index (χ1n) is 6.75. The van der Waals surface area contributed by atoms with Crippen molar-refractivity contribution in [3.05, 3.63) is 64.1 Å². The van der Waals surface area contributed by atoms with Gasteiger partial charge in [0.1, 0.15) is 0 Å². The summed E-state index contributed by atoms with van der Waals surface area (Å²) in [6.45, 7) is 2.63. The van der Waals surface area contributed by atoms with Crippen molar-refractivity contribution in [1.29, 1.82) is 0 Å². The van der Waals surface area contributed by atoms with Crippen LogP contribution >= 0.6 is 0 Å². The Morgan fingerprint density at radius 2 is 2.00 bits per heavy atom. The highest BCUT2D eigenvalue weighted by molar-refractivity contribution is 5.35. The molecule has 0 spiro atoms. The molecule has 0 bridgehead atoms. The van der Waals surface area contributed by atoms with E-state index in [1.165, 1.54) is 12.8 Å². The van der Waals surface area contributed by atoms with E-state index in [0.29, 0.717) is 12.6 Å². The highest BCUT2D eigenvalue weighted by Crippen LogP contribution is 2.19. The number of nitrogens with one attached hydrogen (secondary N) is 1. The summed E-state index contributed by atoms with van der Waals surface area (Å²) >= 11 is 0. The third kappa shape index (κ3) is 2.76. The molecule has 98 valence electrons. The highest BCUT2D eigenvalue weighted by atomic mass is 16.1. The Labute approximate surface area is 112 Å². The second-order valence-corrected chi connectivity index (χ2v) is 5.17. The zero-order valence-electron chi connectivity index (χ0n) is 11.1. The van der Waals surface area contributed by atoms with E-state index in [9.17, 15) is 4.79 Å². The third-order valence-electron chi connectivity index (χ3n) is 3.51. The molecule has 0 atom stereocenters. The highest BCUT2D eigenvalue weighted by Gasteiger charge is 2.20. The number of hydrogen-bond acceptors (Lipinski definition) is 2. The summed E-state index contributed by atoms with van der Waals surface area (Å²) in [5.41, 5.74) is 3.01. The number of para-hydroxylation sites is 1. The van der Waals surface area contributed by atoms with Gasteiger partial charge in [-0.3, -0.25) is 4.79 Å². The summed E-state index contributed by atoms with van der Waals surface area (Å²) in [6.07, 6.45) is 4.43. The lowest BCUT2D eigenvalue weighted by atomic mass is 10.2. The molecule has 3 heteroatoms. The Kier molecular flexibility index (Phi) is 3.22. The van der Waals surface area contributed by atoms with Gasteiger partial charge in [0.05, 0.1) is 0 Å². The van der Waals surface area contributed by atoms with Crippen molar-refractivity contribution < 1.29 is 0 Å². The lowest BCUT2D eigenvalue weighted by Gasteiger charge is -2.13. The molecule has 0 radical (unpaired) electrons. The van der Waals surface area contributed by atoms with Crippen molar-refractivity contribution in [3.63, 3.8) is 0 Å².